The molecule has 9 heteroatoms. The molecular formula is C27H25FN2O6. The van der Waals surface area contributed by atoms with Crippen LogP contribution in [0.15, 0.2) is 60.7 Å². The van der Waals surface area contributed by atoms with Crippen molar-refractivity contribution < 1.29 is 33.3 Å². The Bertz CT molecular complexity index is 1290. The Balaban J connectivity index is 1.49. The van der Waals surface area contributed by atoms with Crippen LogP contribution in [0.1, 0.15) is 15.9 Å². The molecule has 0 aliphatic carbocycles. The van der Waals surface area contributed by atoms with Gasteiger partial charge in [-0.25, -0.2) is 9.18 Å². The lowest BCUT2D eigenvalue weighted by molar-refractivity contribution is 0.0548. The summed E-state index contributed by atoms with van der Waals surface area (Å²) in [6.07, 6.45) is 0. The molecule has 8 nitrogen and oxygen atoms in total. The van der Waals surface area contributed by atoms with Crippen molar-refractivity contribution in [3.63, 3.8) is 0 Å². The van der Waals surface area contributed by atoms with Gasteiger partial charge in [-0.05, 0) is 41.5 Å². The molecule has 1 saturated heterocycles. The number of morpholine rings is 1. The van der Waals surface area contributed by atoms with Crippen LogP contribution in [0, 0.1) is 5.82 Å². The minimum Gasteiger partial charge on any atom is -0.454 e. The van der Waals surface area contributed by atoms with Gasteiger partial charge >= 0.3 is 6.03 Å². The number of amides is 2. The molecule has 1 fully saturated rings. The molecule has 0 saturated carbocycles. The Morgan fingerprint density at radius 3 is 2.50 bits per heavy atom. The van der Waals surface area contributed by atoms with E-state index in [0.717, 1.165) is 17.2 Å². The molecule has 5 rings (SSSR count). The molecule has 0 spiro atoms. The van der Waals surface area contributed by atoms with Gasteiger partial charge in [-0.3, -0.25) is 9.69 Å². The molecule has 2 amide bonds. The summed E-state index contributed by atoms with van der Waals surface area (Å²) in [5, 5.41) is 9.08. The Hall–Kier alpha value is -3.95. The van der Waals surface area contributed by atoms with Gasteiger partial charge in [0.05, 0.1) is 19.8 Å². The molecule has 3 aromatic rings. The maximum Gasteiger partial charge on any atom is 0.324 e. The minimum atomic E-state index is -0.701. The normalized spacial score (nSPS) is 14.6. The van der Waals surface area contributed by atoms with Gasteiger partial charge in [-0.2, -0.15) is 0 Å². The Kier molecular flexibility index (Phi) is 6.84. The topological polar surface area (TPSA) is 88.5 Å². The number of ether oxygens (including phenoxy) is 3. The monoisotopic (exact) mass is 492 g/mol. The molecule has 36 heavy (non-hydrogen) atoms. The smallest absolute Gasteiger partial charge is 0.324 e. The van der Waals surface area contributed by atoms with Crippen LogP contribution in [0.25, 0.3) is 11.1 Å². The fraction of sp³-hybridized carbons (Fsp3) is 0.259. The molecule has 2 aliphatic rings. The fourth-order valence-electron chi connectivity index (χ4n) is 4.23. The highest BCUT2D eigenvalue weighted by molar-refractivity contribution is 5.97. The number of halogens is 1. The number of nitrogens with zero attached hydrogens (tertiary/aromatic N) is 2. The van der Waals surface area contributed by atoms with Gasteiger partial charge in [0.2, 0.25) is 6.79 Å². The summed E-state index contributed by atoms with van der Waals surface area (Å²) in [5.41, 5.74) is 2.67. The van der Waals surface area contributed by atoms with Crippen molar-refractivity contribution in [1.82, 2.24) is 4.90 Å². The third-order valence-corrected chi connectivity index (χ3v) is 6.22. The molecule has 0 bridgehead atoms. The van der Waals surface area contributed by atoms with E-state index in [1.807, 2.05) is 36.4 Å². The van der Waals surface area contributed by atoms with Crippen LogP contribution in [0.2, 0.25) is 0 Å². The Labute approximate surface area is 207 Å². The summed E-state index contributed by atoms with van der Waals surface area (Å²) < 4.78 is 31.2. The maximum atomic E-state index is 15.0. The van der Waals surface area contributed by atoms with Crippen LogP contribution >= 0.6 is 0 Å². The SMILES string of the molecule is O=C(CO)c1ccc(CN(C(=O)N2CCOCC2)c2cccc(-c3ccc4c(c3)OCO4)c2)c(F)c1. The molecule has 0 atom stereocenters. The number of anilines is 1. The predicted octanol–water partition coefficient (Wildman–Crippen LogP) is 3.86. The highest BCUT2D eigenvalue weighted by Crippen LogP contribution is 2.37. The van der Waals surface area contributed by atoms with Crippen molar-refractivity contribution >= 4 is 17.5 Å². The van der Waals surface area contributed by atoms with E-state index >= 15 is 0 Å². The molecule has 2 heterocycles. The van der Waals surface area contributed by atoms with Gasteiger partial charge in [-0.1, -0.05) is 30.3 Å². The van der Waals surface area contributed by atoms with Crippen molar-refractivity contribution in [3.8, 4) is 22.6 Å². The number of benzene rings is 3. The van der Waals surface area contributed by atoms with E-state index in [0.29, 0.717) is 43.5 Å². The minimum absolute atomic E-state index is 0.0415. The van der Waals surface area contributed by atoms with Crippen molar-refractivity contribution in [2.45, 2.75) is 6.54 Å². The molecule has 186 valence electrons. The second-order valence-electron chi connectivity index (χ2n) is 8.47. The number of urea groups is 1. The van der Waals surface area contributed by atoms with Crippen LogP contribution in [0.3, 0.4) is 0 Å². The van der Waals surface area contributed by atoms with Crippen LogP contribution in [-0.4, -0.2) is 61.5 Å². The zero-order valence-electron chi connectivity index (χ0n) is 19.5. The van der Waals surface area contributed by atoms with E-state index < -0.39 is 18.2 Å². The highest BCUT2D eigenvalue weighted by Gasteiger charge is 2.26. The molecule has 2 aliphatic heterocycles. The standard InChI is InChI=1S/C27H25FN2O6/c28-23-13-20(24(32)16-31)4-5-21(23)15-30(27(33)29-8-10-34-11-9-29)22-3-1-2-18(12-22)19-6-7-25-26(14-19)36-17-35-25/h1-7,12-14,31H,8-11,15-17H2. The molecule has 3 aromatic carbocycles. The predicted molar refractivity (Wildman–Crippen MR) is 130 cm³/mol. The van der Waals surface area contributed by atoms with Crippen LogP contribution < -0.4 is 14.4 Å². The van der Waals surface area contributed by atoms with Gasteiger partial charge < -0.3 is 24.2 Å². The molecule has 0 aromatic heterocycles. The van der Waals surface area contributed by atoms with Gasteiger partial charge in [0.15, 0.2) is 17.3 Å². The lowest BCUT2D eigenvalue weighted by Gasteiger charge is -2.33. The first kappa shape index (κ1) is 23.8. The first-order valence-corrected chi connectivity index (χ1v) is 11.6. The largest absolute Gasteiger partial charge is 0.454 e. The number of ketones is 1. The van der Waals surface area contributed by atoms with Crippen LogP contribution in [-0.2, 0) is 11.3 Å². The third-order valence-electron chi connectivity index (χ3n) is 6.22. The second kappa shape index (κ2) is 10.3. The van der Waals surface area contributed by atoms with Crippen molar-refractivity contribution in [2.75, 3.05) is 44.6 Å². The number of aliphatic hydroxyl groups is 1. The van der Waals surface area contributed by atoms with E-state index in [1.165, 1.54) is 17.0 Å². The summed E-state index contributed by atoms with van der Waals surface area (Å²) in [6, 6.07) is 16.8. The van der Waals surface area contributed by atoms with Crippen LogP contribution in [0.5, 0.6) is 11.5 Å². The molecule has 0 unspecified atom stereocenters. The summed E-state index contributed by atoms with van der Waals surface area (Å²) in [5.74, 6) is 0.135. The van der Waals surface area contributed by atoms with Crippen molar-refractivity contribution in [3.05, 3.63) is 77.6 Å². The van der Waals surface area contributed by atoms with Crippen molar-refractivity contribution in [1.29, 1.82) is 0 Å². The lowest BCUT2D eigenvalue weighted by Crippen LogP contribution is -2.48. The first-order chi connectivity index (χ1) is 17.5. The number of Topliss-reactive ketones (excluding diaryl/α,β-unsaturated/α-hetero) is 1. The second-order valence-corrected chi connectivity index (χ2v) is 8.47. The van der Waals surface area contributed by atoms with Crippen LogP contribution in [0.4, 0.5) is 14.9 Å². The number of aliphatic hydroxyl groups excluding tert-OH is 1. The summed E-state index contributed by atoms with van der Waals surface area (Å²) in [4.78, 5) is 28.5. The lowest BCUT2D eigenvalue weighted by atomic mass is 10.0. The quantitative estimate of drug-likeness (QED) is 0.526. The van der Waals surface area contributed by atoms with E-state index in [4.69, 9.17) is 19.3 Å². The van der Waals surface area contributed by atoms with Gasteiger partial charge in [-0.15, -0.1) is 0 Å². The van der Waals surface area contributed by atoms with E-state index in [1.54, 1.807) is 11.0 Å². The zero-order valence-corrected chi connectivity index (χ0v) is 19.5. The number of carbonyl (C=O) groups is 2. The maximum absolute atomic E-state index is 15.0. The average molecular weight is 493 g/mol. The van der Waals surface area contributed by atoms with Crippen molar-refractivity contribution in [2.24, 2.45) is 0 Å². The third kappa shape index (κ3) is 4.89. The van der Waals surface area contributed by atoms with E-state index in [2.05, 4.69) is 0 Å². The Morgan fingerprint density at radius 2 is 1.72 bits per heavy atom. The summed E-state index contributed by atoms with van der Waals surface area (Å²) in [7, 11) is 0. The van der Waals surface area contributed by atoms with Gasteiger partial charge in [0, 0.05) is 29.9 Å². The molecular weight excluding hydrogens is 467 g/mol. The number of carbonyl (C=O) groups excluding carboxylic acids is 2. The number of hydrogen-bond donors (Lipinski definition) is 1. The highest BCUT2D eigenvalue weighted by atomic mass is 19.1. The summed E-state index contributed by atoms with van der Waals surface area (Å²) in [6.45, 7) is 1.17. The molecule has 0 radical (unpaired) electrons. The Morgan fingerprint density at radius 1 is 0.944 bits per heavy atom. The number of rotatable bonds is 6. The van der Waals surface area contributed by atoms with Gasteiger partial charge in [0.25, 0.3) is 0 Å². The fourth-order valence-corrected chi connectivity index (χ4v) is 4.23. The first-order valence-electron chi connectivity index (χ1n) is 11.6. The van der Waals surface area contributed by atoms with Gasteiger partial charge in [0.1, 0.15) is 12.4 Å². The summed E-state index contributed by atoms with van der Waals surface area (Å²) >= 11 is 0. The van der Waals surface area contributed by atoms with E-state index in [-0.39, 0.29) is 30.5 Å². The van der Waals surface area contributed by atoms with E-state index in [9.17, 15) is 14.0 Å². The number of hydrogen-bond acceptors (Lipinski definition) is 6. The molecule has 1 N–H and O–H groups in total. The average Bonchev–Trinajstić information content (AvgIpc) is 3.40. The number of fused-ring (bicyclic) bond motifs is 1. The zero-order chi connectivity index (χ0) is 25.1.